The summed E-state index contributed by atoms with van der Waals surface area (Å²) < 4.78 is 11.4. The summed E-state index contributed by atoms with van der Waals surface area (Å²) in [5, 5.41) is 8.53. The van der Waals surface area contributed by atoms with Gasteiger partial charge in [-0.15, -0.1) is 0 Å². The molecule has 0 aromatic heterocycles. The van der Waals surface area contributed by atoms with E-state index in [0.717, 1.165) is 11.1 Å². The van der Waals surface area contributed by atoms with E-state index in [0.29, 0.717) is 35.8 Å². The van der Waals surface area contributed by atoms with Crippen LogP contribution >= 0.6 is 0 Å². The number of urea groups is 1. The number of nitrogens with one attached hydrogen (secondary N) is 3. The number of amides is 4. The molecular weight excluding hydrogens is 508 g/mol. The fraction of sp³-hybridized carbons (Fsp3) is 0.323. The van der Waals surface area contributed by atoms with Crippen molar-refractivity contribution in [2.75, 3.05) is 35.3 Å². The first kappa shape index (κ1) is 28.8. The minimum absolute atomic E-state index is 0.0973. The molecule has 0 saturated carbocycles. The smallest absolute Gasteiger partial charge is 0.320 e. The monoisotopic (exact) mass is 544 g/mol. The molecule has 210 valence electrons. The maximum absolute atomic E-state index is 14.3. The van der Waals surface area contributed by atoms with Gasteiger partial charge < -0.3 is 30.3 Å². The lowest BCUT2D eigenvalue weighted by Gasteiger charge is -2.30. The van der Waals surface area contributed by atoms with Crippen LogP contribution in [0, 0.1) is 13.8 Å². The van der Waals surface area contributed by atoms with Gasteiger partial charge in [-0.2, -0.15) is 0 Å². The third kappa shape index (κ3) is 6.50. The number of anilines is 3. The number of hydrogen-bond donors (Lipinski definition) is 3. The largest absolute Gasteiger partial charge is 0.351 e. The Kier molecular flexibility index (Phi) is 9.19. The average Bonchev–Trinajstić information content (AvgIpc) is 3.14. The fourth-order valence-corrected chi connectivity index (χ4v) is 4.79. The van der Waals surface area contributed by atoms with Gasteiger partial charge in [0, 0.05) is 30.2 Å². The summed E-state index contributed by atoms with van der Waals surface area (Å²) in [5.41, 5.74) is 2.69. The maximum atomic E-state index is 14.3. The molecule has 0 fully saturated rings. The lowest BCUT2D eigenvalue weighted by molar-refractivity contribution is -0.138. The maximum Gasteiger partial charge on any atom is 0.320 e. The molecule has 4 amide bonds. The van der Waals surface area contributed by atoms with Crippen LogP contribution < -0.4 is 20.9 Å². The van der Waals surface area contributed by atoms with Crippen molar-refractivity contribution in [2.24, 2.45) is 0 Å². The van der Waals surface area contributed by atoms with Crippen molar-refractivity contribution < 1.29 is 23.9 Å². The second-order valence-electron chi connectivity index (χ2n) is 9.71. The zero-order valence-corrected chi connectivity index (χ0v) is 23.3. The molecule has 3 aromatic carbocycles. The summed E-state index contributed by atoms with van der Waals surface area (Å²) in [4.78, 5) is 42.6. The molecule has 1 atom stereocenters. The first-order valence-electron chi connectivity index (χ1n) is 13.4. The Bertz CT molecular complexity index is 1270. The molecule has 0 saturated heterocycles. The molecule has 0 aliphatic carbocycles. The predicted octanol–water partition coefficient (Wildman–Crippen LogP) is 5.09. The van der Waals surface area contributed by atoms with Gasteiger partial charge in [0.2, 0.25) is 5.91 Å². The van der Waals surface area contributed by atoms with E-state index in [2.05, 4.69) is 16.0 Å². The summed E-state index contributed by atoms with van der Waals surface area (Å²) >= 11 is 0. The highest BCUT2D eigenvalue weighted by molar-refractivity contribution is 6.12. The number of carbonyl (C=O) groups is 3. The molecule has 0 bridgehead atoms. The van der Waals surface area contributed by atoms with Gasteiger partial charge in [-0.05, 0) is 58.0 Å². The zero-order valence-electron chi connectivity index (χ0n) is 23.3. The van der Waals surface area contributed by atoms with E-state index in [-0.39, 0.29) is 13.0 Å². The Morgan fingerprint density at radius 1 is 0.825 bits per heavy atom. The van der Waals surface area contributed by atoms with Gasteiger partial charge in [0.1, 0.15) is 0 Å². The average molecular weight is 545 g/mol. The van der Waals surface area contributed by atoms with Crippen molar-refractivity contribution in [3.05, 3.63) is 89.5 Å². The van der Waals surface area contributed by atoms with E-state index in [1.165, 1.54) is 4.90 Å². The number of fused-ring (bicyclic) bond motifs is 1. The van der Waals surface area contributed by atoms with E-state index in [4.69, 9.17) is 9.47 Å². The van der Waals surface area contributed by atoms with Crippen LogP contribution in [0.3, 0.4) is 0 Å². The normalized spacial score (nSPS) is 16.1. The van der Waals surface area contributed by atoms with Crippen LogP contribution in [0.5, 0.6) is 0 Å². The summed E-state index contributed by atoms with van der Waals surface area (Å²) in [5.74, 6) is -0.869. The van der Waals surface area contributed by atoms with Gasteiger partial charge in [-0.1, -0.05) is 53.6 Å². The number of nitrogens with zero attached hydrogens (tertiary/aromatic N) is 1. The highest BCUT2D eigenvalue weighted by Crippen LogP contribution is 2.43. The summed E-state index contributed by atoms with van der Waals surface area (Å²) in [6, 6.07) is 21.2. The molecule has 1 heterocycles. The van der Waals surface area contributed by atoms with Crippen molar-refractivity contribution in [3.8, 4) is 0 Å². The van der Waals surface area contributed by atoms with Crippen LogP contribution in [-0.2, 0) is 24.6 Å². The second kappa shape index (κ2) is 12.8. The molecule has 3 aromatic rings. The van der Waals surface area contributed by atoms with E-state index in [9.17, 15) is 14.4 Å². The van der Waals surface area contributed by atoms with Gasteiger partial charge in [0.25, 0.3) is 5.91 Å². The fourth-order valence-electron chi connectivity index (χ4n) is 4.79. The van der Waals surface area contributed by atoms with Gasteiger partial charge in [0.15, 0.2) is 11.8 Å². The van der Waals surface area contributed by atoms with E-state index < -0.39 is 29.7 Å². The molecule has 0 unspecified atom stereocenters. The third-order valence-electron chi connectivity index (χ3n) is 6.70. The topological polar surface area (TPSA) is 109 Å². The lowest BCUT2D eigenvalue weighted by atomic mass is 9.87. The molecule has 9 nitrogen and oxygen atoms in total. The molecular formula is C31H36N4O5. The standard InChI is InChI=1S/C31H36N4O5/c1-5-39-28(40-6-2)20-35-26-10-8-7-9-25(26)31(29(35)37,19-27(36)32-23-15-11-21(3)12-16-23)34-30(38)33-24-17-13-22(4)14-18-24/h7-18,28H,5-6,19-20H2,1-4H3,(H,32,36)(H2,33,34,38)/t31-/m0/s1. The number of rotatable bonds is 11. The molecule has 40 heavy (non-hydrogen) atoms. The SMILES string of the molecule is CCOC(CN1C(=O)[C@@](CC(=O)Nc2ccc(C)cc2)(NC(=O)Nc2ccc(C)cc2)c2ccccc21)OCC. The number of ether oxygens (including phenoxy) is 2. The Balaban J connectivity index is 1.69. The Labute approximate surface area is 234 Å². The highest BCUT2D eigenvalue weighted by atomic mass is 16.7. The molecule has 3 N–H and O–H groups in total. The Hall–Kier alpha value is -4.21. The van der Waals surface area contributed by atoms with E-state index in [1.54, 1.807) is 42.5 Å². The van der Waals surface area contributed by atoms with E-state index in [1.807, 2.05) is 58.0 Å². The summed E-state index contributed by atoms with van der Waals surface area (Å²) in [6.45, 7) is 8.50. The number of hydrogen-bond acceptors (Lipinski definition) is 5. The molecule has 0 spiro atoms. The van der Waals surface area contributed by atoms with Crippen molar-refractivity contribution in [1.29, 1.82) is 0 Å². The van der Waals surface area contributed by atoms with Crippen LogP contribution in [0.2, 0.25) is 0 Å². The van der Waals surface area contributed by atoms with Gasteiger partial charge >= 0.3 is 6.03 Å². The minimum atomic E-state index is -1.66. The molecule has 9 heteroatoms. The van der Waals surface area contributed by atoms with Crippen LogP contribution in [0.25, 0.3) is 0 Å². The quantitative estimate of drug-likeness (QED) is 0.291. The molecule has 1 aliphatic rings. The predicted molar refractivity (Wildman–Crippen MR) is 155 cm³/mol. The van der Waals surface area contributed by atoms with Gasteiger partial charge in [-0.3, -0.25) is 9.59 Å². The molecule has 0 radical (unpaired) electrons. The number of carbonyl (C=O) groups excluding carboxylic acids is 3. The Morgan fingerprint density at radius 3 is 1.95 bits per heavy atom. The summed E-state index contributed by atoms with van der Waals surface area (Å²) in [7, 11) is 0. The highest BCUT2D eigenvalue weighted by Gasteiger charge is 2.53. The number of para-hydroxylation sites is 1. The van der Waals surface area contributed by atoms with Crippen LogP contribution in [0.1, 0.15) is 37.0 Å². The number of aryl methyl sites for hydroxylation is 2. The molecule has 1 aliphatic heterocycles. The van der Waals surface area contributed by atoms with E-state index >= 15 is 0 Å². The van der Waals surface area contributed by atoms with Crippen molar-refractivity contribution in [3.63, 3.8) is 0 Å². The lowest BCUT2D eigenvalue weighted by Crippen LogP contribution is -2.56. The van der Waals surface area contributed by atoms with Crippen LogP contribution in [0.15, 0.2) is 72.8 Å². The third-order valence-corrected chi connectivity index (χ3v) is 6.70. The van der Waals surface area contributed by atoms with Crippen molar-refractivity contribution >= 4 is 34.9 Å². The molecule has 4 rings (SSSR count). The first-order chi connectivity index (χ1) is 19.3. The van der Waals surface area contributed by atoms with Crippen molar-refractivity contribution in [1.82, 2.24) is 5.32 Å². The van der Waals surface area contributed by atoms with Gasteiger partial charge in [0.05, 0.1) is 18.7 Å². The van der Waals surface area contributed by atoms with Crippen LogP contribution in [-0.4, -0.2) is 43.9 Å². The first-order valence-corrected chi connectivity index (χ1v) is 13.4. The Morgan fingerprint density at radius 2 is 1.38 bits per heavy atom. The van der Waals surface area contributed by atoms with Crippen LogP contribution in [0.4, 0.5) is 21.9 Å². The summed E-state index contributed by atoms with van der Waals surface area (Å²) in [6.07, 6.45) is -0.992. The minimum Gasteiger partial charge on any atom is -0.351 e. The zero-order chi connectivity index (χ0) is 28.7. The van der Waals surface area contributed by atoms with Gasteiger partial charge in [-0.25, -0.2) is 4.79 Å². The second-order valence-corrected chi connectivity index (χ2v) is 9.71. The van der Waals surface area contributed by atoms with Crippen molar-refractivity contribution in [2.45, 2.75) is 45.9 Å². The number of benzene rings is 3.